The van der Waals surface area contributed by atoms with E-state index < -0.39 is 22.0 Å². The van der Waals surface area contributed by atoms with E-state index in [1.165, 1.54) is 12.1 Å². The highest BCUT2D eigenvalue weighted by Gasteiger charge is 2.38. The first-order valence-corrected chi connectivity index (χ1v) is 7.92. The third-order valence-electron chi connectivity index (χ3n) is 3.30. The van der Waals surface area contributed by atoms with Crippen molar-refractivity contribution < 1.29 is 18.3 Å². The molecule has 1 amide bonds. The molecule has 21 heavy (non-hydrogen) atoms. The fourth-order valence-electron chi connectivity index (χ4n) is 2.30. The third kappa shape index (κ3) is 3.24. The summed E-state index contributed by atoms with van der Waals surface area (Å²) in [5, 5.41) is 8.62. The van der Waals surface area contributed by atoms with Crippen molar-refractivity contribution in [2.75, 3.05) is 13.2 Å². The molecule has 0 spiro atoms. The predicted molar refractivity (Wildman–Crippen MR) is 76.5 cm³/mol. The average Bonchev–Trinajstić information content (AvgIpc) is 2.96. The molecule has 2 rings (SSSR count). The molecule has 6 nitrogen and oxygen atoms in total. The number of hydrogen-bond acceptors (Lipinski definition) is 4. The fraction of sp³-hybridized carbons (Fsp3) is 0.357. The normalized spacial score (nSPS) is 19.0. The molecule has 1 aliphatic rings. The number of carbonyl (C=O) groups excluding carboxylic acids is 1. The van der Waals surface area contributed by atoms with Gasteiger partial charge in [0, 0.05) is 12.1 Å². The minimum absolute atomic E-state index is 0.102. The van der Waals surface area contributed by atoms with E-state index >= 15 is 0 Å². The molecule has 1 aliphatic heterocycles. The van der Waals surface area contributed by atoms with Gasteiger partial charge in [0.15, 0.2) is 0 Å². The van der Waals surface area contributed by atoms with Crippen LogP contribution in [0.15, 0.2) is 29.2 Å². The molecular formula is C14H16N2O4S. The molecule has 0 aliphatic carbocycles. The van der Waals surface area contributed by atoms with Crippen molar-refractivity contribution in [1.29, 1.82) is 0 Å². The number of amides is 1. The van der Waals surface area contributed by atoms with Gasteiger partial charge in [-0.2, -0.15) is 4.31 Å². The number of primary amides is 1. The van der Waals surface area contributed by atoms with Gasteiger partial charge in [-0.3, -0.25) is 4.79 Å². The molecule has 3 N–H and O–H groups in total. The van der Waals surface area contributed by atoms with E-state index in [0.29, 0.717) is 24.9 Å². The Morgan fingerprint density at radius 3 is 2.62 bits per heavy atom. The Kier molecular flexibility index (Phi) is 4.63. The molecule has 0 radical (unpaired) electrons. The maximum atomic E-state index is 12.5. The lowest BCUT2D eigenvalue weighted by Gasteiger charge is -2.21. The van der Waals surface area contributed by atoms with Crippen molar-refractivity contribution in [3.63, 3.8) is 0 Å². The van der Waals surface area contributed by atoms with Crippen LogP contribution in [-0.2, 0) is 14.8 Å². The second-order valence-electron chi connectivity index (χ2n) is 4.66. The number of nitrogens with zero attached hydrogens (tertiary/aromatic N) is 1. The molecule has 1 aromatic carbocycles. The van der Waals surface area contributed by atoms with Crippen molar-refractivity contribution >= 4 is 15.9 Å². The summed E-state index contributed by atoms with van der Waals surface area (Å²) < 4.78 is 26.2. The van der Waals surface area contributed by atoms with E-state index in [0.717, 1.165) is 4.31 Å². The summed E-state index contributed by atoms with van der Waals surface area (Å²) >= 11 is 0. The Morgan fingerprint density at radius 1 is 1.38 bits per heavy atom. The first-order chi connectivity index (χ1) is 9.96. The minimum Gasteiger partial charge on any atom is -0.384 e. The second kappa shape index (κ2) is 6.26. The lowest BCUT2D eigenvalue weighted by Crippen LogP contribution is -2.43. The SMILES string of the molecule is NC(=O)C1CCCN1S(=O)(=O)c1ccc(C#CCO)cc1. The van der Waals surface area contributed by atoms with Crippen LogP contribution in [0.3, 0.4) is 0 Å². The summed E-state index contributed by atoms with van der Waals surface area (Å²) in [6.07, 6.45) is 1.07. The molecule has 1 aromatic rings. The number of aliphatic hydroxyl groups excluding tert-OH is 1. The van der Waals surface area contributed by atoms with Gasteiger partial charge in [-0.25, -0.2) is 8.42 Å². The number of nitrogens with two attached hydrogens (primary N) is 1. The topological polar surface area (TPSA) is 101 Å². The van der Waals surface area contributed by atoms with Gasteiger partial charge in [0.1, 0.15) is 12.6 Å². The molecular weight excluding hydrogens is 292 g/mol. The van der Waals surface area contributed by atoms with E-state index in [9.17, 15) is 13.2 Å². The summed E-state index contributed by atoms with van der Waals surface area (Å²) in [5.41, 5.74) is 5.86. The molecule has 1 unspecified atom stereocenters. The lowest BCUT2D eigenvalue weighted by atomic mass is 10.2. The van der Waals surface area contributed by atoms with E-state index in [1.54, 1.807) is 12.1 Å². The van der Waals surface area contributed by atoms with Gasteiger partial charge >= 0.3 is 0 Å². The van der Waals surface area contributed by atoms with Crippen LogP contribution >= 0.6 is 0 Å². The lowest BCUT2D eigenvalue weighted by molar-refractivity contribution is -0.121. The Bertz CT molecular complexity index is 686. The molecule has 1 atom stereocenters. The van der Waals surface area contributed by atoms with Crippen LogP contribution in [-0.4, -0.2) is 42.9 Å². The Balaban J connectivity index is 2.29. The number of carbonyl (C=O) groups is 1. The standard InChI is InChI=1S/C14H16N2O4S/c15-14(18)13-4-1-9-16(13)21(19,20)12-7-5-11(6-8-12)3-2-10-17/h5-8,13,17H,1,4,9-10H2,(H2,15,18). The maximum absolute atomic E-state index is 12.5. The van der Waals surface area contributed by atoms with Crippen molar-refractivity contribution in [1.82, 2.24) is 4.31 Å². The largest absolute Gasteiger partial charge is 0.384 e. The quantitative estimate of drug-likeness (QED) is 0.747. The van der Waals surface area contributed by atoms with Crippen molar-refractivity contribution in [2.24, 2.45) is 5.73 Å². The Hall–Kier alpha value is -1.88. The van der Waals surface area contributed by atoms with Crippen molar-refractivity contribution in [3.05, 3.63) is 29.8 Å². The van der Waals surface area contributed by atoms with Crippen LogP contribution in [0, 0.1) is 11.8 Å². The van der Waals surface area contributed by atoms with Crippen LogP contribution in [0.1, 0.15) is 18.4 Å². The molecule has 112 valence electrons. The fourth-order valence-corrected chi connectivity index (χ4v) is 3.96. The molecule has 0 bridgehead atoms. The highest BCUT2D eigenvalue weighted by atomic mass is 32.2. The summed E-state index contributed by atoms with van der Waals surface area (Å²) in [6, 6.07) is 5.22. The van der Waals surface area contributed by atoms with Gasteiger partial charge in [-0.1, -0.05) is 11.8 Å². The first-order valence-electron chi connectivity index (χ1n) is 6.48. The van der Waals surface area contributed by atoms with Gasteiger partial charge in [-0.05, 0) is 37.1 Å². The molecule has 7 heteroatoms. The van der Waals surface area contributed by atoms with Gasteiger partial charge in [0.2, 0.25) is 15.9 Å². The number of benzene rings is 1. The van der Waals surface area contributed by atoms with Gasteiger partial charge < -0.3 is 10.8 Å². The Labute approximate surface area is 123 Å². The molecule has 1 saturated heterocycles. The summed E-state index contributed by atoms with van der Waals surface area (Å²) in [7, 11) is -3.74. The smallest absolute Gasteiger partial charge is 0.243 e. The van der Waals surface area contributed by atoms with Gasteiger partial charge in [0.25, 0.3) is 0 Å². The highest BCUT2D eigenvalue weighted by Crippen LogP contribution is 2.25. The monoisotopic (exact) mass is 308 g/mol. The van der Waals surface area contributed by atoms with Crippen molar-refractivity contribution in [2.45, 2.75) is 23.8 Å². The number of aliphatic hydroxyl groups is 1. The number of hydrogen-bond donors (Lipinski definition) is 2. The molecule has 0 saturated carbocycles. The minimum atomic E-state index is -3.74. The van der Waals surface area contributed by atoms with E-state index in [-0.39, 0.29) is 11.5 Å². The first kappa shape index (κ1) is 15.5. The zero-order valence-electron chi connectivity index (χ0n) is 11.3. The zero-order valence-corrected chi connectivity index (χ0v) is 12.1. The van der Waals surface area contributed by atoms with Crippen LogP contribution in [0.25, 0.3) is 0 Å². The van der Waals surface area contributed by atoms with Crippen LogP contribution in [0.2, 0.25) is 0 Å². The van der Waals surface area contributed by atoms with Crippen LogP contribution < -0.4 is 5.73 Å². The maximum Gasteiger partial charge on any atom is 0.243 e. The van der Waals surface area contributed by atoms with Crippen LogP contribution in [0.4, 0.5) is 0 Å². The summed E-state index contributed by atoms with van der Waals surface area (Å²) in [5.74, 6) is 4.55. The van der Waals surface area contributed by atoms with E-state index in [1.807, 2.05) is 0 Å². The summed E-state index contributed by atoms with van der Waals surface area (Å²) in [4.78, 5) is 11.4. The highest BCUT2D eigenvalue weighted by molar-refractivity contribution is 7.89. The third-order valence-corrected chi connectivity index (χ3v) is 5.23. The molecule has 1 heterocycles. The van der Waals surface area contributed by atoms with Crippen molar-refractivity contribution in [3.8, 4) is 11.8 Å². The second-order valence-corrected chi connectivity index (χ2v) is 6.55. The average molecular weight is 308 g/mol. The molecule has 1 fully saturated rings. The number of sulfonamides is 1. The zero-order chi connectivity index (χ0) is 15.5. The predicted octanol–water partition coefficient (Wildman–Crippen LogP) is -0.331. The number of rotatable bonds is 3. The summed E-state index contributed by atoms with van der Waals surface area (Å²) in [6.45, 7) is 0.0378. The van der Waals surface area contributed by atoms with Gasteiger partial charge in [-0.15, -0.1) is 0 Å². The van der Waals surface area contributed by atoms with E-state index in [4.69, 9.17) is 10.8 Å². The Morgan fingerprint density at radius 2 is 2.05 bits per heavy atom. The van der Waals surface area contributed by atoms with Crippen LogP contribution in [0.5, 0.6) is 0 Å². The van der Waals surface area contributed by atoms with Gasteiger partial charge in [0.05, 0.1) is 4.90 Å². The molecule has 0 aromatic heterocycles. The van der Waals surface area contributed by atoms with E-state index in [2.05, 4.69) is 11.8 Å².